The zero-order chi connectivity index (χ0) is 10.8. The van der Waals surface area contributed by atoms with Crippen molar-refractivity contribution in [2.75, 3.05) is 18.6 Å². The zero-order valence-electron chi connectivity index (χ0n) is 9.88. The van der Waals surface area contributed by atoms with Crippen LogP contribution in [0, 0.1) is 5.92 Å². The van der Waals surface area contributed by atoms with Gasteiger partial charge in [-0.2, -0.15) is 11.8 Å². The molecular weight excluding hydrogens is 190 g/mol. The van der Waals surface area contributed by atoms with Crippen LogP contribution in [0.2, 0.25) is 0 Å². The summed E-state index contributed by atoms with van der Waals surface area (Å²) in [5, 5.41) is 3.38. The van der Waals surface area contributed by atoms with Crippen LogP contribution >= 0.6 is 11.8 Å². The summed E-state index contributed by atoms with van der Waals surface area (Å²) in [6.45, 7) is 8.30. The van der Waals surface area contributed by atoms with Crippen molar-refractivity contribution in [3.8, 4) is 0 Å². The molecule has 0 aliphatic carbocycles. The third kappa shape index (κ3) is 8.64. The van der Waals surface area contributed by atoms with E-state index >= 15 is 0 Å². The van der Waals surface area contributed by atoms with Crippen molar-refractivity contribution in [3.63, 3.8) is 0 Å². The van der Waals surface area contributed by atoms with Crippen molar-refractivity contribution < 1.29 is 0 Å². The molecule has 0 aromatic rings. The fourth-order valence-electron chi connectivity index (χ4n) is 1.27. The number of hydrogen-bond acceptors (Lipinski definition) is 2. The van der Waals surface area contributed by atoms with Crippen LogP contribution in [-0.4, -0.2) is 24.6 Å². The molecule has 0 aromatic heterocycles. The molecule has 0 spiro atoms. The second kappa shape index (κ2) is 9.60. The minimum Gasteiger partial charge on any atom is -0.316 e. The van der Waals surface area contributed by atoms with Gasteiger partial charge in [0.05, 0.1) is 0 Å². The van der Waals surface area contributed by atoms with E-state index in [0.29, 0.717) is 6.04 Å². The highest BCUT2D eigenvalue weighted by molar-refractivity contribution is 7.99. The van der Waals surface area contributed by atoms with Gasteiger partial charge in [0.15, 0.2) is 0 Å². The predicted octanol–water partition coefficient (Wildman–Crippen LogP) is 3.32. The third-order valence-corrected chi connectivity index (χ3v) is 3.68. The fraction of sp³-hybridized carbons (Fsp3) is 0.833. The first-order valence-electron chi connectivity index (χ1n) is 5.56. The molecular formula is C12H25NS. The van der Waals surface area contributed by atoms with Crippen LogP contribution in [0.4, 0.5) is 0 Å². The molecule has 0 fully saturated rings. The Balaban J connectivity index is 3.42. The summed E-state index contributed by atoms with van der Waals surface area (Å²) in [5.41, 5.74) is 0. The normalized spacial score (nSPS) is 13.1. The summed E-state index contributed by atoms with van der Waals surface area (Å²) in [6.07, 6.45) is 5.69. The lowest BCUT2D eigenvalue weighted by atomic mass is 10.1. The monoisotopic (exact) mass is 215 g/mol. The molecule has 0 amide bonds. The highest BCUT2D eigenvalue weighted by Crippen LogP contribution is 2.12. The van der Waals surface area contributed by atoms with Gasteiger partial charge in [0.25, 0.3) is 0 Å². The van der Waals surface area contributed by atoms with E-state index in [0.717, 1.165) is 12.3 Å². The van der Waals surface area contributed by atoms with Crippen molar-refractivity contribution in [1.82, 2.24) is 5.32 Å². The highest BCUT2D eigenvalue weighted by atomic mass is 32.2. The van der Waals surface area contributed by atoms with Crippen molar-refractivity contribution in [2.24, 2.45) is 5.92 Å². The molecule has 0 saturated heterocycles. The Kier molecular flexibility index (Phi) is 9.63. The molecule has 1 unspecified atom stereocenters. The van der Waals surface area contributed by atoms with Crippen molar-refractivity contribution in [3.05, 3.63) is 12.7 Å². The quantitative estimate of drug-likeness (QED) is 0.468. The van der Waals surface area contributed by atoms with Crippen LogP contribution in [0.15, 0.2) is 12.7 Å². The summed E-state index contributed by atoms with van der Waals surface area (Å²) in [4.78, 5) is 0. The number of allylic oxidation sites excluding steroid dienone is 1. The maximum absolute atomic E-state index is 3.74. The summed E-state index contributed by atoms with van der Waals surface area (Å²) in [6, 6.07) is 0.679. The topological polar surface area (TPSA) is 12.0 Å². The number of unbranched alkanes of at least 4 members (excludes halogenated alkanes) is 1. The molecule has 0 aliphatic rings. The number of rotatable bonds is 9. The Morgan fingerprint density at radius 3 is 2.57 bits per heavy atom. The molecule has 0 aromatic carbocycles. The fourth-order valence-corrected chi connectivity index (χ4v) is 2.49. The molecule has 14 heavy (non-hydrogen) atoms. The van der Waals surface area contributed by atoms with Gasteiger partial charge in [-0.15, -0.1) is 6.58 Å². The van der Waals surface area contributed by atoms with E-state index in [-0.39, 0.29) is 0 Å². The molecule has 0 saturated carbocycles. The van der Waals surface area contributed by atoms with Crippen LogP contribution in [-0.2, 0) is 0 Å². The second-order valence-corrected chi connectivity index (χ2v) is 5.21. The van der Waals surface area contributed by atoms with Crippen molar-refractivity contribution in [2.45, 2.75) is 39.2 Å². The third-order valence-electron chi connectivity index (χ3n) is 2.14. The number of nitrogens with one attached hydrogen (secondary N) is 1. The van der Waals surface area contributed by atoms with Crippen molar-refractivity contribution in [1.29, 1.82) is 0 Å². The van der Waals surface area contributed by atoms with Crippen LogP contribution < -0.4 is 5.32 Å². The van der Waals surface area contributed by atoms with E-state index in [1.807, 2.05) is 6.08 Å². The van der Waals surface area contributed by atoms with Crippen molar-refractivity contribution >= 4 is 11.8 Å². The summed E-state index contributed by atoms with van der Waals surface area (Å²) < 4.78 is 0. The molecule has 1 N–H and O–H groups in total. The largest absolute Gasteiger partial charge is 0.316 e. The van der Waals surface area contributed by atoms with Crippen LogP contribution in [0.25, 0.3) is 0 Å². The first-order valence-corrected chi connectivity index (χ1v) is 6.72. The lowest BCUT2D eigenvalue weighted by Gasteiger charge is -2.15. The van der Waals surface area contributed by atoms with E-state index in [1.54, 1.807) is 0 Å². The van der Waals surface area contributed by atoms with Crippen LogP contribution in [0.3, 0.4) is 0 Å². The van der Waals surface area contributed by atoms with Gasteiger partial charge in [-0.05, 0) is 38.0 Å². The van der Waals surface area contributed by atoms with Crippen LogP contribution in [0.1, 0.15) is 33.1 Å². The molecule has 1 nitrogen and oxygen atoms in total. The van der Waals surface area contributed by atoms with E-state index in [1.165, 1.54) is 24.3 Å². The smallest absolute Gasteiger partial charge is 0.0155 e. The number of hydrogen-bond donors (Lipinski definition) is 1. The van der Waals surface area contributed by atoms with E-state index in [4.69, 9.17) is 0 Å². The van der Waals surface area contributed by atoms with Gasteiger partial charge >= 0.3 is 0 Å². The van der Waals surface area contributed by atoms with E-state index in [9.17, 15) is 0 Å². The van der Waals surface area contributed by atoms with Gasteiger partial charge in [0.1, 0.15) is 0 Å². The minimum absolute atomic E-state index is 0.679. The Labute approximate surface area is 93.7 Å². The first-order chi connectivity index (χ1) is 6.70. The van der Waals surface area contributed by atoms with Gasteiger partial charge in [-0.3, -0.25) is 0 Å². The molecule has 84 valence electrons. The van der Waals surface area contributed by atoms with Gasteiger partial charge in [0, 0.05) is 11.8 Å². The van der Waals surface area contributed by atoms with E-state index in [2.05, 4.69) is 44.6 Å². The van der Waals surface area contributed by atoms with Gasteiger partial charge in [0.2, 0.25) is 0 Å². The zero-order valence-corrected chi connectivity index (χ0v) is 10.7. The summed E-state index contributed by atoms with van der Waals surface area (Å²) in [7, 11) is 2.06. The maximum atomic E-state index is 3.74. The molecule has 0 bridgehead atoms. The highest BCUT2D eigenvalue weighted by Gasteiger charge is 2.05. The maximum Gasteiger partial charge on any atom is 0.0155 e. The van der Waals surface area contributed by atoms with Gasteiger partial charge in [-0.1, -0.05) is 19.9 Å². The van der Waals surface area contributed by atoms with Gasteiger partial charge < -0.3 is 5.32 Å². The Morgan fingerprint density at radius 1 is 1.36 bits per heavy atom. The molecule has 0 heterocycles. The Morgan fingerprint density at radius 2 is 2.07 bits per heavy atom. The summed E-state index contributed by atoms with van der Waals surface area (Å²) >= 11 is 2.06. The molecule has 2 heteroatoms. The van der Waals surface area contributed by atoms with Gasteiger partial charge in [-0.25, -0.2) is 0 Å². The summed E-state index contributed by atoms with van der Waals surface area (Å²) in [5.74, 6) is 3.33. The molecule has 0 radical (unpaired) electrons. The molecule has 0 rings (SSSR count). The van der Waals surface area contributed by atoms with Crippen LogP contribution in [0.5, 0.6) is 0 Å². The SMILES string of the molecule is C=CCCCC(CSCC(C)C)NC. The predicted molar refractivity (Wildman–Crippen MR) is 69.1 cm³/mol. The van der Waals surface area contributed by atoms with E-state index < -0.39 is 0 Å². The number of thioether (sulfide) groups is 1. The minimum atomic E-state index is 0.679. The lowest BCUT2D eigenvalue weighted by Crippen LogP contribution is -2.27. The molecule has 1 atom stereocenters. The average molecular weight is 215 g/mol. The standard InChI is InChI=1S/C12H25NS/c1-5-6-7-8-12(13-4)10-14-9-11(2)3/h5,11-13H,1,6-10H2,2-4H3. The lowest BCUT2D eigenvalue weighted by molar-refractivity contribution is 0.551. The Hall–Kier alpha value is 0.0500. The second-order valence-electron chi connectivity index (χ2n) is 4.14. The first kappa shape index (κ1) is 14.1. The average Bonchev–Trinajstić information content (AvgIpc) is 2.15. The molecule has 0 aliphatic heterocycles. The Bertz CT molecular complexity index is 134.